The Balaban J connectivity index is 1.63. The molecule has 2 aliphatic heterocycles. The summed E-state index contributed by atoms with van der Waals surface area (Å²) < 4.78 is 43.9. The first-order chi connectivity index (χ1) is 10.8. The maximum atomic E-state index is 13.0. The Kier molecular flexibility index (Phi) is 4.37. The van der Waals surface area contributed by atoms with E-state index in [2.05, 4.69) is 4.90 Å². The number of ether oxygens (including phenoxy) is 1. The van der Waals surface area contributed by atoms with E-state index in [4.69, 9.17) is 4.74 Å². The van der Waals surface area contributed by atoms with Crippen LogP contribution in [0.4, 0.5) is 10.1 Å². The number of nitrogens with zero attached hydrogens (tertiary/aromatic N) is 2. The maximum absolute atomic E-state index is 13.0. The van der Waals surface area contributed by atoms with Gasteiger partial charge in [-0.05, 0) is 43.5 Å². The van der Waals surface area contributed by atoms with Gasteiger partial charge in [0, 0.05) is 25.8 Å². The summed E-state index contributed by atoms with van der Waals surface area (Å²) in [7, 11) is -1.13. The van der Waals surface area contributed by atoms with Gasteiger partial charge in [0.05, 0.1) is 24.5 Å². The summed E-state index contributed by atoms with van der Waals surface area (Å²) in [4.78, 5) is 2.12. The minimum Gasteiger partial charge on any atom is -0.373 e. The van der Waals surface area contributed by atoms with Gasteiger partial charge in [0.25, 0.3) is 0 Å². The summed E-state index contributed by atoms with van der Waals surface area (Å²) in [6, 6.07) is 6.69. The van der Waals surface area contributed by atoms with Crippen molar-refractivity contribution < 1.29 is 17.5 Å². The van der Waals surface area contributed by atoms with Crippen molar-refractivity contribution >= 4 is 15.7 Å². The SMILES string of the molecule is CN(c1ccc(F)cc1)C1COC2(CCN(S(C)(=O)=O)CC2)C1. The van der Waals surface area contributed by atoms with Crippen molar-refractivity contribution in [2.75, 3.05) is 37.9 Å². The summed E-state index contributed by atoms with van der Waals surface area (Å²) in [6.07, 6.45) is 3.59. The summed E-state index contributed by atoms with van der Waals surface area (Å²) in [6.45, 7) is 1.66. The van der Waals surface area contributed by atoms with Crippen LogP contribution in [0.2, 0.25) is 0 Å². The van der Waals surface area contributed by atoms with E-state index < -0.39 is 10.0 Å². The van der Waals surface area contributed by atoms with E-state index >= 15 is 0 Å². The van der Waals surface area contributed by atoms with Crippen molar-refractivity contribution in [1.82, 2.24) is 4.31 Å². The molecular weight excluding hydrogens is 319 g/mol. The van der Waals surface area contributed by atoms with Gasteiger partial charge in [-0.15, -0.1) is 0 Å². The lowest BCUT2D eigenvalue weighted by Gasteiger charge is -2.37. The van der Waals surface area contributed by atoms with E-state index in [9.17, 15) is 12.8 Å². The minimum atomic E-state index is -3.12. The molecule has 0 aromatic heterocycles. The highest BCUT2D eigenvalue weighted by Gasteiger charge is 2.45. The number of hydrogen-bond acceptors (Lipinski definition) is 4. The monoisotopic (exact) mass is 342 g/mol. The molecule has 1 atom stereocenters. The highest BCUT2D eigenvalue weighted by atomic mass is 32.2. The van der Waals surface area contributed by atoms with Gasteiger partial charge in [-0.1, -0.05) is 0 Å². The van der Waals surface area contributed by atoms with Crippen molar-refractivity contribution in [3.05, 3.63) is 30.1 Å². The third-order valence-electron chi connectivity index (χ3n) is 5.07. The zero-order valence-electron chi connectivity index (χ0n) is 13.5. The molecule has 5 nitrogen and oxygen atoms in total. The first-order valence-corrected chi connectivity index (χ1v) is 9.71. The van der Waals surface area contributed by atoms with Gasteiger partial charge in [0.2, 0.25) is 10.0 Å². The van der Waals surface area contributed by atoms with Crippen LogP contribution in [0, 0.1) is 5.82 Å². The van der Waals surface area contributed by atoms with E-state index in [1.807, 2.05) is 7.05 Å². The van der Waals surface area contributed by atoms with E-state index in [0.717, 1.165) is 24.9 Å². The average molecular weight is 342 g/mol. The fourth-order valence-electron chi connectivity index (χ4n) is 3.53. The third-order valence-corrected chi connectivity index (χ3v) is 6.38. The Labute approximate surface area is 137 Å². The van der Waals surface area contributed by atoms with E-state index in [1.165, 1.54) is 22.7 Å². The predicted molar refractivity (Wildman–Crippen MR) is 87.5 cm³/mol. The molecule has 0 radical (unpaired) electrons. The third kappa shape index (κ3) is 3.51. The highest BCUT2D eigenvalue weighted by molar-refractivity contribution is 7.88. The van der Waals surface area contributed by atoms with Crippen LogP contribution in [0.1, 0.15) is 19.3 Å². The Morgan fingerprint density at radius 2 is 1.87 bits per heavy atom. The molecule has 0 bridgehead atoms. The molecule has 0 N–H and O–H groups in total. The van der Waals surface area contributed by atoms with Gasteiger partial charge in [0.15, 0.2) is 0 Å². The lowest BCUT2D eigenvalue weighted by Crippen LogP contribution is -2.46. The summed E-state index contributed by atoms with van der Waals surface area (Å²) in [5.41, 5.74) is 0.741. The largest absolute Gasteiger partial charge is 0.373 e. The van der Waals surface area contributed by atoms with Gasteiger partial charge in [0.1, 0.15) is 5.82 Å². The number of piperidine rings is 1. The molecule has 2 fully saturated rings. The number of hydrogen-bond donors (Lipinski definition) is 0. The molecule has 2 saturated heterocycles. The quantitative estimate of drug-likeness (QED) is 0.841. The smallest absolute Gasteiger partial charge is 0.211 e. The van der Waals surface area contributed by atoms with Crippen LogP contribution in [0.15, 0.2) is 24.3 Å². The van der Waals surface area contributed by atoms with Crippen LogP contribution in [-0.4, -0.2) is 57.4 Å². The van der Waals surface area contributed by atoms with Crippen LogP contribution in [0.5, 0.6) is 0 Å². The molecule has 1 unspecified atom stereocenters. The van der Waals surface area contributed by atoms with E-state index in [0.29, 0.717) is 19.7 Å². The fraction of sp³-hybridized carbons (Fsp3) is 0.625. The molecule has 0 aliphatic carbocycles. The lowest BCUT2D eigenvalue weighted by molar-refractivity contribution is -0.0309. The van der Waals surface area contributed by atoms with Gasteiger partial charge in [-0.25, -0.2) is 17.1 Å². The zero-order chi connectivity index (χ0) is 16.7. The summed E-state index contributed by atoms with van der Waals surface area (Å²) in [5, 5.41) is 0. The van der Waals surface area contributed by atoms with Crippen LogP contribution in [-0.2, 0) is 14.8 Å². The lowest BCUT2D eigenvalue weighted by atomic mass is 9.88. The molecular formula is C16H23FN2O3S. The van der Waals surface area contributed by atoms with Crippen LogP contribution >= 0.6 is 0 Å². The second-order valence-electron chi connectivity index (χ2n) is 6.60. The van der Waals surface area contributed by atoms with Crippen molar-refractivity contribution in [3.8, 4) is 0 Å². The number of likely N-dealkylation sites (N-methyl/N-ethyl adjacent to an activating group) is 1. The average Bonchev–Trinajstić information content (AvgIpc) is 2.91. The highest BCUT2D eigenvalue weighted by Crippen LogP contribution is 2.38. The Hall–Kier alpha value is -1.18. The second kappa shape index (κ2) is 6.03. The molecule has 1 aromatic carbocycles. The summed E-state index contributed by atoms with van der Waals surface area (Å²) in [5.74, 6) is -0.241. The first kappa shape index (κ1) is 16.7. The standard InChI is InChI=1S/C16H23FN2O3S/c1-18(14-5-3-13(17)4-6-14)15-11-16(22-12-15)7-9-19(10-8-16)23(2,20)21/h3-6,15H,7-12H2,1-2H3. The van der Waals surface area contributed by atoms with Crippen LogP contribution in [0.25, 0.3) is 0 Å². The molecule has 0 saturated carbocycles. The predicted octanol–water partition coefficient (Wildman–Crippen LogP) is 1.84. The van der Waals surface area contributed by atoms with Gasteiger partial charge in [-0.2, -0.15) is 0 Å². The fourth-order valence-corrected chi connectivity index (χ4v) is 4.38. The number of benzene rings is 1. The normalized spacial score (nSPS) is 24.9. The Morgan fingerprint density at radius 3 is 2.43 bits per heavy atom. The van der Waals surface area contributed by atoms with E-state index in [1.54, 1.807) is 12.1 Å². The van der Waals surface area contributed by atoms with Gasteiger partial charge in [-0.3, -0.25) is 0 Å². The van der Waals surface area contributed by atoms with E-state index in [-0.39, 0.29) is 17.5 Å². The number of halogens is 1. The van der Waals surface area contributed by atoms with Crippen molar-refractivity contribution in [1.29, 1.82) is 0 Å². The molecule has 0 amide bonds. The number of sulfonamides is 1. The molecule has 2 aliphatic rings. The van der Waals surface area contributed by atoms with Gasteiger partial charge < -0.3 is 9.64 Å². The molecule has 128 valence electrons. The number of anilines is 1. The maximum Gasteiger partial charge on any atom is 0.211 e. The molecule has 1 spiro atoms. The Morgan fingerprint density at radius 1 is 1.26 bits per heavy atom. The van der Waals surface area contributed by atoms with Crippen LogP contribution in [0.3, 0.4) is 0 Å². The molecule has 1 aromatic rings. The molecule has 3 rings (SSSR count). The number of rotatable bonds is 3. The molecule has 2 heterocycles. The van der Waals surface area contributed by atoms with Crippen molar-refractivity contribution in [3.63, 3.8) is 0 Å². The van der Waals surface area contributed by atoms with Crippen LogP contribution < -0.4 is 4.90 Å². The molecule has 23 heavy (non-hydrogen) atoms. The van der Waals surface area contributed by atoms with Crippen molar-refractivity contribution in [2.24, 2.45) is 0 Å². The first-order valence-electron chi connectivity index (χ1n) is 7.87. The van der Waals surface area contributed by atoms with Crippen molar-refractivity contribution in [2.45, 2.75) is 30.9 Å². The Bertz CT molecular complexity index is 654. The second-order valence-corrected chi connectivity index (χ2v) is 8.58. The summed E-state index contributed by atoms with van der Waals surface area (Å²) >= 11 is 0. The van der Waals surface area contributed by atoms with Gasteiger partial charge >= 0.3 is 0 Å². The minimum absolute atomic E-state index is 0.222. The zero-order valence-corrected chi connectivity index (χ0v) is 14.4. The topological polar surface area (TPSA) is 49.9 Å². The molecule has 7 heteroatoms.